The number of hydrogen-bond donors (Lipinski definition) is 3. The van der Waals surface area contributed by atoms with Crippen molar-refractivity contribution in [3.63, 3.8) is 0 Å². The van der Waals surface area contributed by atoms with Crippen LogP contribution in [-0.4, -0.2) is 78.8 Å². The molecule has 2 heterocycles. The molecule has 3 atom stereocenters. The molecule has 3 aromatic rings. The molecule has 0 radical (unpaired) electrons. The van der Waals surface area contributed by atoms with Gasteiger partial charge in [0.25, 0.3) is 0 Å². The minimum atomic E-state index is -0.803. The second-order valence-electron chi connectivity index (χ2n) is 10.8. The number of aliphatic carboxylic acids is 1. The molecule has 2 fully saturated rings. The topological polar surface area (TPSA) is 94.1 Å². The Hall–Kier alpha value is -4.32. The average Bonchev–Trinajstić information content (AvgIpc) is 2.99. The quantitative estimate of drug-likeness (QED) is 0.272. The maximum atomic E-state index is 13.4. The SMILES string of the molecule is COc1ccc(NC(=O)N2CCCCN3[C@H](CNCCC(=O)O)[C@H](c4ccc(C#Cc5ccccc5)cc4)[C@@H]3C2)cc1. The molecule has 3 aromatic carbocycles. The standard InChI is InChI=1S/C34H38N4O4/c1-42-29-17-15-28(16-18-29)36-34(41)37-21-5-6-22-38-30(23-35-20-19-32(39)40)33(31(38)24-37)27-13-11-26(12-14-27)10-9-25-7-3-2-4-8-25/h2-4,7-8,11-18,30-31,33,35H,5-6,19-24H2,1H3,(H,36,41)(H,39,40)/t30-,31+,33+/m1/s1. The summed E-state index contributed by atoms with van der Waals surface area (Å²) in [4.78, 5) is 28.9. The van der Waals surface area contributed by atoms with Crippen molar-refractivity contribution in [3.8, 4) is 17.6 Å². The fourth-order valence-corrected chi connectivity index (χ4v) is 5.93. The molecule has 2 saturated heterocycles. The highest BCUT2D eigenvalue weighted by Crippen LogP contribution is 2.42. The molecule has 0 saturated carbocycles. The van der Waals surface area contributed by atoms with Gasteiger partial charge in [-0.2, -0.15) is 0 Å². The van der Waals surface area contributed by atoms with E-state index in [9.17, 15) is 9.59 Å². The molecule has 0 spiro atoms. The third-order valence-electron chi connectivity index (χ3n) is 8.10. The van der Waals surface area contributed by atoms with Crippen molar-refractivity contribution < 1.29 is 19.4 Å². The predicted molar refractivity (Wildman–Crippen MR) is 164 cm³/mol. The van der Waals surface area contributed by atoms with Crippen LogP contribution in [0.4, 0.5) is 10.5 Å². The number of nitrogens with zero attached hydrogens (tertiary/aromatic N) is 2. The Bertz CT molecular complexity index is 1400. The molecule has 0 aliphatic carbocycles. The van der Waals surface area contributed by atoms with Gasteiger partial charge in [0, 0.05) is 61.0 Å². The van der Waals surface area contributed by atoms with Gasteiger partial charge in [0.05, 0.1) is 13.5 Å². The molecule has 2 aliphatic rings. The zero-order chi connectivity index (χ0) is 29.3. The molecule has 8 nitrogen and oxygen atoms in total. The van der Waals surface area contributed by atoms with Crippen molar-refractivity contribution in [2.75, 3.05) is 45.2 Å². The summed E-state index contributed by atoms with van der Waals surface area (Å²) in [6, 6.07) is 26.0. The van der Waals surface area contributed by atoms with E-state index in [1.165, 1.54) is 5.56 Å². The zero-order valence-electron chi connectivity index (χ0n) is 24.0. The average molecular weight is 567 g/mol. The Morgan fingerprint density at radius 3 is 2.31 bits per heavy atom. The second-order valence-corrected chi connectivity index (χ2v) is 10.8. The van der Waals surface area contributed by atoms with Crippen LogP contribution in [-0.2, 0) is 4.79 Å². The number of ether oxygens (including phenoxy) is 1. The number of fused-ring (bicyclic) bond motifs is 1. The van der Waals surface area contributed by atoms with Crippen LogP contribution in [0.5, 0.6) is 5.75 Å². The third-order valence-corrected chi connectivity index (χ3v) is 8.10. The number of rotatable bonds is 8. The summed E-state index contributed by atoms with van der Waals surface area (Å²) in [5.74, 6) is 6.62. The number of urea groups is 1. The predicted octanol–water partition coefficient (Wildman–Crippen LogP) is 4.62. The lowest BCUT2D eigenvalue weighted by Gasteiger charge is -2.57. The summed E-state index contributed by atoms with van der Waals surface area (Å²) in [6.07, 6.45) is 2.02. The fraction of sp³-hybridized carbons (Fsp3) is 0.353. The highest BCUT2D eigenvalue weighted by atomic mass is 16.5. The molecular weight excluding hydrogens is 528 g/mol. The van der Waals surface area contributed by atoms with Gasteiger partial charge in [-0.1, -0.05) is 42.2 Å². The lowest BCUT2D eigenvalue weighted by atomic mass is 9.73. The summed E-state index contributed by atoms with van der Waals surface area (Å²) in [5.41, 5.74) is 3.87. The van der Waals surface area contributed by atoms with E-state index in [4.69, 9.17) is 9.84 Å². The number of carboxylic acids is 1. The molecule has 0 unspecified atom stereocenters. The van der Waals surface area contributed by atoms with E-state index in [1.807, 2.05) is 59.5 Å². The number of benzene rings is 3. The van der Waals surface area contributed by atoms with Crippen LogP contribution < -0.4 is 15.4 Å². The van der Waals surface area contributed by atoms with Gasteiger partial charge in [-0.15, -0.1) is 0 Å². The Kier molecular flexibility index (Phi) is 9.75. The first kappa shape index (κ1) is 29.2. The van der Waals surface area contributed by atoms with Gasteiger partial charge >= 0.3 is 12.0 Å². The van der Waals surface area contributed by atoms with Gasteiger partial charge in [-0.25, -0.2) is 4.79 Å². The molecule has 5 rings (SSSR count). The number of anilines is 1. The molecule has 3 N–H and O–H groups in total. The minimum Gasteiger partial charge on any atom is -0.497 e. The van der Waals surface area contributed by atoms with Crippen LogP contribution in [0.3, 0.4) is 0 Å². The van der Waals surface area contributed by atoms with Crippen molar-refractivity contribution in [1.82, 2.24) is 15.1 Å². The van der Waals surface area contributed by atoms with Gasteiger partial charge < -0.3 is 25.4 Å². The molecule has 218 valence electrons. The van der Waals surface area contributed by atoms with Crippen molar-refractivity contribution in [2.24, 2.45) is 0 Å². The lowest BCUT2D eigenvalue weighted by Crippen LogP contribution is -2.69. The van der Waals surface area contributed by atoms with Crippen LogP contribution in [0.15, 0.2) is 78.9 Å². The van der Waals surface area contributed by atoms with Gasteiger partial charge in [-0.05, 0) is 73.5 Å². The Labute approximate surface area is 247 Å². The number of hydrogen-bond acceptors (Lipinski definition) is 5. The number of amides is 2. The summed E-state index contributed by atoms with van der Waals surface area (Å²) < 4.78 is 5.24. The molecule has 8 heteroatoms. The molecule has 0 bridgehead atoms. The zero-order valence-corrected chi connectivity index (χ0v) is 24.0. The first-order chi connectivity index (χ1) is 20.5. The monoisotopic (exact) mass is 566 g/mol. The first-order valence-electron chi connectivity index (χ1n) is 14.6. The summed E-state index contributed by atoms with van der Waals surface area (Å²) in [6.45, 7) is 3.41. The maximum absolute atomic E-state index is 13.4. The van der Waals surface area contributed by atoms with Crippen molar-refractivity contribution in [1.29, 1.82) is 0 Å². The lowest BCUT2D eigenvalue weighted by molar-refractivity contribution is -0.136. The van der Waals surface area contributed by atoms with E-state index < -0.39 is 5.97 Å². The molecule has 2 amide bonds. The van der Waals surface area contributed by atoms with E-state index in [0.717, 1.165) is 42.0 Å². The highest BCUT2D eigenvalue weighted by Gasteiger charge is 2.49. The number of carboxylic acid groups (broad SMARTS) is 1. The molecule has 0 aromatic heterocycles. The normalized spacial score (nSPS) is 20.1. The van der Waals surface area contributed by atoms with E-state index in [0.29, 0.717) is 26.2 Å². The molecule has 42 heavy (non-hydrogen) atoms. The number of carbonyl (C=O) groups is 2. The van der Waals surface area contributed by atoms with Gasteiger partial charge in [0.2, 0.25) is 0 Å². The number of nitrogens with one attached hydrogen (secondary N) is 2. The highest BCUT2D eigenvalue weighted by molar-refractivity contribution is 5.89. The van der Waals surface area contributed by atoms with Crippen LogP contribution in [0, 0.1) is 11.8 Å². The Morgan fingerprint density at radius 1 is 0.929 bits per heavy atom. The van der Waals surface area contributed by atoms with Crippen molar-refractivity contribution in [3.05, 3.63) is 95.6 Å². The smallest absolute Gasteiger partial charge is 0.321 e. The third kappa shape index (κ3) is 7.30. The van der Waals surface area contributed by atoms with Crippen LogP contribution >= 0.6 is 0 Å². The van der Waals surface area contributed by atoms with Crippen molar-refractivity contribution >= 4 is 17.7 Å². The van der Waals surface area contributed by atoms with E-state index in [1.54, 1.807) is 7.11 Å². The van der Waals surface area contributed by atoms with Gasteiger partial charge in [0.1, 0.15) is 5.75 Å². The Morgan fingerprint density at radius 2 is 1.62 bits per heavy atom. The van der Waals surface area contributed by atoms with Gasteiger partial charge in [-0.3, -0.25) is 9.69 Å². The second kappa shape index (κ2) is 14.0. The summed E-state index contributed by atoms with van der Waals surface area (Å²) in [5, 5.41) is 15.5. The van der Waals surface area contributed by atoms with Crippen LogP contribution in [0.25, 0.3) is 0 Å². The Balaban J connectivity index is 1.32. The largest absolute Gasteiger partial charge is 0.497 e. The van der Waals surface area contributed by atoms with Crippen LogP contribution in [0.2, 0.25) is 0 Å². The number of methoxy groups -OCH3 is 1. The molecular formula is C34H38N4O4. The van der Waals surface area contributed by atoms with Crippen molar-refractivity contribution in [2.45, 2.75) is 37.3 Å². The first-order valence-corrected chi connectivity index (χ1v) is 14.6. The summed E-state index contributed by atoms with van der Waals surface area (Å²) in [7, 11) is 1.62. The maximum Gasteiger partial charge on any atom is 0.321 e. The summed E-state index contributed by atoms with van der Waals surface area (Å²) >= 11 is 0. The number of carbonyl (C=O) groups excluding carboxylic acids is 1. The molecule has 2 aliphatic heterocycles. The van der Waals surface area contributed by atoms with E-state index in [2.05, 4.69) is 51.6 Å². The van der Waals surface area contributed by atoms with Crippen LogP contribution in [0.1, 0.15) is 41.9 Å². The fourth-order valence-electron chi connectivity index (χ4n) is 5.93. The van der Waals surface area contributed by atoms with Gasteiger partial charge in [0.15, 0.2) is 0 Å². The van der Waals surface area contributed by atoms with E-state index in [-0.39, 0.29) is 30.5 Å². The van der Waals surface area contributed by atoms with E-state index >= 15 is 0 Å². The minimum absolute atomic E-state index is 0.0922.